The Hall–Kier alpha value is -3.27. The molecule has 0 saturated carbocycles. The monoisotopic (exact) mass is 541 g/mol. The lowest BCUT2D eigenvalue weighted by molar-refractivity contribution is 0.0967. The van der Waals surface area contributed by atoms with Crippen molar-refractivity contribution in [1.29, 1.82) is 0 Å². The van der Waals surface area contributed by atoms with Crippen molar-refractivity contribution in [2.75, 3.05) is 37.6 Å². The van der Waals surface area contributed by atoms with E-state index >= 15 is 0 Å². The maximum Gasteiger partial charge on any atom is 0.261 e. The number of halogens is 1. The molecule has 176 valence electrons. The van der Waals surface area contributed by atoms with Gasteiger partial charge in [0.05, 0.1) is 12.2 Å². The van der Waals surface area contributed by atoms with E-state index in [9.17, 15) is 9.59 Å². The van der Waals surface area contributed by atoms with Crippen molar-refractivity contribution in [1.82, 2.24) is 5.32 Å². The van der Waals surface area contributed by atoms with Gasteiger partial charge in [-0.05, 0) is 60.7 Å². The number of benzene rings is 3. The molecule has 9 heteroatoms. The fourth-order valence-electron chi connectivity index (χ4n) is 3.07. The predicted octanol–water partition coefficient (Wildman–Crippen LogP) is 4.88. The van der Waals surface area contributed by atoms with Gasteiger partial charge in [-0.15, -0.1) is 0 Å². The van der Waals surface area contributed by atoms with Crippen molar-refractivity contribution in [3.8, 4) is 5.75 Å². The molecule has 0 aliphatic rings. The zero-order valence-electron chi connectivity index (χ0n) is 18.7. The predicted molar refractivity (Wildman–Crippen MR) is 141 cm³/mol. The molecule has 0 aromatic heterocycles. The van der Waals surface area contributed by atoms with Gasteiger partial charge in [0, 0.05) is 35.6 Å². The van der Waals surface area contributed by atoms with Crippen LogP contribution in [0, 0.1) is 0 Å². The summed E-state index contributed by atoms with van der Waals surface area (Å²) in [6.07, 6.45) is 0. The van der Waals surface area contributed by atoms with Gasteiger partial charge in [-0.1, -0.05) is 40.2 Å². The minimum Gasteiger partial charge on any atom is -0.490 e. The van der Waals surface area contributed by atoms with Crippen LogP contribution < -0.4 is 20.3 Å². The number of nitrogens with zero attached hydrogens (tertiary/aromatic N) is 1. The molecular formula is C25H24BrN3O4S. The first kappa shape index (κ1) is 25.4. The molecule has 0 saturated heterocycles. The molecule has 0 bridgehead atoms. The van der Waals surface area contributed by atoms with E-state index < -0.39 is 5.91 Å². The van der Waals surface area contributed by atoms with Gasteiger partial charge >= 0.3 is 0 Å². The number of rotatable bonds is 8. The van der Waals surface area contributed by atoms with Crippen LogP contribution in [0.2, 0.25) is 0 Å². The number of amides is 2. The van der Waals surface area contributed by atoms with E-state index in [-0.39, 0.29) is 11.0 Å². The second kappa shape index (κ2) is 12.3. The summed E-state index contributed by atoms with van der Waals surface area (Å²) in [5.41, 5.74) is 2.16. The van der Waals surface area contributed by atoms with Crippen LogP contribution in [0.15, 0.2) is 77.3 Å². The van der Waals surface area contributed by atoms with Crippen LogP contribution in [-0.2, 0) is 4.74 Å². The molecular weight excluding hydrogens is 518 g/mol. The molecule has 0 aliphatic carbocycles. The number of methoxy groups -OCH3 is 1. The van der Waals surface area contributed by atoms with Crippen molar-refractivity contribution in [2.24, 2.45) is 0 Å². The number of hydrogen-bond acceptors (Lipinski definition) is 5. The van der Waals surface area contributed by atoms with Crippen molar-refractivity contribution in [3.63, 3.8) is 0 Å². The molecule has 3 aromatic carbocycles. The SMILES string of the molecule is COCCOc1ccc(Br)cc1C(=O)NC(=S)Nc1cccc(C(=O)N(C)c2ccccc2)c1. The molecule has 3 rings (SSSR count). The summed E-state index contributed by atoms with van der Waals surface area (Å²) in [6.45, 7) is 0.699. The summed E-state index contributed by atoms with van der Waals surface area (Å²) in [7, 11) is 3.29. The largest absolute Gasteiger partial charge is 0.490 e. The number of para-hydroxylation sites is 1. The Morgan fingerprint density at radius 1 is 1.00 bits per heavy atom. The first-order valence-corrected chi connectivity index (χ1v) is 11.6. The molecule has 2 amide bonds. The number of carbonyl (C=O) groups excluding carboxylic acids is 2. The van der Waals surface area contributed by atoms with Crippen LogP contribution in [0.3, 0.4) is 0 Å². The van der Waals surface area contributed by atoms with Gasteiger partial charge in [0.25, 0.3) is 11.8 Å². The fourth-order valence-corrected chi connectivity index (χ4v) is 3.64. The number of anilines is 2. The quantitative estimate of drug-likeness (QED) is 0.312. The minimum atomic E-state index is -0.428. The lowest BCUT2D eigenvalue weighted by atomic mass is 10.1. The lowest BCUT2D eigenvalue weighted by Crippen LogP contribution is -2.34. The van der Waals surface area contributed by atoms with Gasteiger partial charge in [0.15, 0.2) is 5.11 Å². The number of carbonyl (C=O) groups is 2. The normalized spacial score (nSPS) is 10.3. The van der Waals surface area contributed by atoms with E-state index in [1.807, 2.05) is 30.3 Å². The first-order valence-electron chi connectivity index (χ1n) is 10.4. The van der Waals surface area contributed by atoms with E-state index in [2.05, 4.69) is 26.6 Å². The average Bonchev–Trinajstić information content (AvgIpc) is 2.84. The van der Waals surface area contributed by atoms with Crippen LogP contribution in [0.25, 0.3) is 0 Å². The van der Waals surface area contributed by atoms with Gasteiger partial charge in [0.2, 0.25) is 0 Å². The fraction of sp³-hybridized carbons (Fsp3) is 0.160. The highest BCUT2D eigenvalue weighted by molar-refractivity contribution is 9.10. The van der Waals surface area contributed by atoms with Crippen LogP contribution in [0.5, 0.6) is 5.75 Å². The zero-order valence-corrected chi connectivity index (χ0v) is 21.1. The van der Waals surface area contributed by atoms with Gasteiger partial charge in [-0.25, -0.2) is 0 Å². The third-order valence-electron chi connectivity index (χ3n) is 4.77. The average molecular weight is 542 g/mol. The van der Waals surface area contributed by atoms with Crippen LogP contribution >= 0.6 is 28.1 Å². The Kier molecular flexibility index (Phi) is 9.15. The lowest BCUT2D eigenvalue weighted by Gasteiger charge is -2.18. The maximum absolute atomic E-state index is 12.9. The molecule has 0 heterocycles. The molecule has 7 nitrogen and oxygen atoms in total. The first-order chi connectivity index (χ1) is 16.4. The van der Waals surface area contributed by atoms with E-state index in [1.54, 1.807) is 61.5 Å². The molecule has 0 fully saturated rings. The molecule has 0 atom stereocenters. The Balaban J connectivity index is 1.67. The maximum atomic E-state index is 12.9. The molecule has 2 N–H and O–H groups in total. The summed E-state index contributed by atoms with van der Waals surface area (Å²) in [5.74, 6) is -0.184. The summed E-state index contributed by atoms with van der Waals surface area (Å²) in [4.78, 5) is 27.3. The van der Waals surface area contributed by atoms with Crippen LogP contribution in [0.1, 0.15) is 20.7 Å². The van der Waals surface area contributed by atoms with Crippen molar-refractivity contribution < 1.29 is 19.1 Å². The number of thiocarbonyl (C=S) groups is 1. The molecule has 3 aromatic rings. The van der Waals surface area contributed by atoms with Gasteiger partial charge in [0.1, 0.15) is 12.4 Å². The molecule has 0 spiro atoms. The zero-order chi connectivity index (χ0) is 24.5. The van der Waals surface area contributed by atoms with Crippen molar-refractivity contribution in [2.45, 2.75) is 0 Å². The summed E-state index contributed by atoms with van der Waals surface area (Å²) >= 11 is 8.69. The molecule has 0 unspecified atom stereocenters. The Bertz CT molecular complexity index is 1170. The van der Waals surface area contributed by atoms with E-state index in [4.69, 9.17) is 21.7 Å². The van der Waals surface area contributed by atoms with Gasteiger partial charge < -0.3 is 19.7 Å². The van der Waals surface area contributed by atoms with Crippen molar-refractivity contribution in [3.05, 3.63) is 88.4 Å². The van der Waals surface area contributed by atoms with Crippen LogP contribution in [0.4, 0.5) is 11.4 Å². The standard InChI is InChI=1S/C25H24BrN3O4S/c1-29(20-9-4-3-5-10-20)24(31)17-7-6-8-19(15-17)27-25(34)28-23(30)21-16-18(26)11-12-22(21)33-14-13-32-2/h3-12,15-16H,13-14H2,1-2H3,(H2,27,28,30,34). The molecule has 34 heavy (non-hydrogen) atoms. The van der Waals surface area contributed by atoms with E-state index in [0.717, 1.165) is 10.2 Å². The number of ether oxygens (including phenoxy) is 2. The van der Waals surface area contributed by atoms with Crippen LogP contribution in [-0.4, -0.2) is 44.3 Å². The highest BCUT2D eigenvalue weighted by atomic mass is 79.9. The van der Waals surface area contributed by atoms with Gasteiger partial charge in [-0.3, -0.25) is 14.9 Å². The Morgan fingerprint density at radius 2 is 1.76 bits per heavy atom. The van der Waals surface area contributed by atoms with Gasteiger partial charge in [-0.2, -0.15) is 0 Å². The number of nitrogens with one attached hydrogen (secondary N) is 2. The van der Waals surface area contributed by atoms with Crippen molar-refractivity contribution >= 4 is 56.4 Å². The second-order valence-corrected chi connectivity index (χ2v) is 8.49. The topological polar surface area (TPSA) is 79.9 Å². The molecule has 0 radical (unpaired) electrons. The van der Waals surface area contributed by atoms with E-state index in [1.165, 1.54) is 0 Å². The highest BCUT2D eigenvalue weighted by Gasteiger charge is 2.16. The Labute approximate surface area is 212 Å². The smallest absolute Gasteiger partial charge is 0.261 e. The summed E-state index contributed by atoms with van der Waals surface area (Å²) in [5, 5.41) is 5.70. The highest BCUT2D eigenvalue weighted by Crippen LogP contribution is 2.23. The third kappa shape index (κ3) is 6.86. The second-order valence-electron chi connectivity index (χ2n) is 7.17. The third-order valence-corrected chi connectivity index (χ3v) is 5.47. The summed E-state index contributed by atoms with van der Waals surface area (Å²) in [6, 6.07) is 21.4. The Morgan fingerprint density at radius 3 is 2.50 bits per heavy atom. The van der Waals surface area contributed by atoms with E-state index in [0.29, 0.717) is 35.8 Å². The minimum absolute atomic E-state index is 0.0915. The number of hydrogen-bond donors (Lipinski definition) is 2. The molecule has 0 aliphatic heterocycles. The summed E-state index contributed by atoms with van der Waals surface area (Å²) < 4.78 is 11.4.